The molecule has 0 fully saturated rings. The number of aryl methyl sites for hydroxylation is 1. The summed E-state index contributed by atoms with van der Waals surface area (Å²) < 4.78 is 0. The van der Waals surface area contributed by atoms with E-state index in [1.54, 1.807) is 0 Å². The monoisotopic (exact) mass is 199 g/mol. The van der Waals surface area contributed by atoms with Crippen LogP contribution >= 0.6 is 0 Å². The van der Waals surface area contributed by atoms with Crippen molar-refractivity contribution in [3.63, 3.8) is 0 Å². The highest BCUT2D eigenvalue weighted by atomic mass is 15.1. The molecular formula is C12H13N3. The van der Waals surface area contributed by atoms with Crippen LogP contribution in [0.1, 0.15) is 11.1 Å². The Morgan fingerprint density at radius 3 is 3.13 bits per heavy atom. The van der Waals surface area contributed by atoms with E-state index in [1.807, 2.05) is 13.2 Å². The fraction of sp³-hybridized carbons (Fsp3) is 0.250. The Kier molecular flexibility index (Phi) is 2.70. The molecule has 0 amide bonds. The number of aromatic nitrogens is 2. The molecule has 1 heterocycles. The first-order valence-electron chi connectivity index (χ1n) is 4.88. The van der Waals surface area contributed by atoms with Crippen molar-refractivity contribution in [1.29, 1.82) is 0 Å². The number of rotatable bonds is 1. The average molecular weight is 199 g/mol. The first kappa shape index (κ1) is 9.75. The lowest BCUT2D eigenvalue weighted by atomic mass is 10.1. The smallest absolute Gasteiger partial charge is 0.0653 e. The van der Waals surface area contributed by atoms with E-state index in [4.69, 9.17) is 0 Å². The van der Waals surface area contributed by atoms with Gasteiger partial charge >= 0.3 is 0 Å². The maximum atomic E-state index is 3.99. The van der Waals surface area contributed by atoms with Crippen molar-refractivity contribution in [3.05, 3.63) is 29.5 Å². The SMILES string of the molecule is CNCC#Cc1cc2cn[nH]c2cc1C. The highest BCUT2D eigenvalue weighted by Gasteiger charge is 1.99. The Hall–Kier alpha value is -1.79. The molecule has 3 heteroatoms. The zero-order valence-corrected chi connectivity index (χ0v) is 8.89. The zero-order valence-electron chi connectivity index (χ0n) is 8.89. The molecule has 2 aromatic rings. The van der Waals surface area contributed by atoms with Crippen LogP contribution in [0.25, 0.3) is 10.9 Å². The van der Waals surface area contributed by atoms with Gasteiger partial charge in [-0.25, -0.2) is 0 Å². The molecule has 0 aliphatic heterocycles. The van der Waals surface area contributed by atoms with Gasteiger partial charge in [0, 0.05) is 10.9 Å². The molecule has 76 valence electrons. The third-order valence-corrected chi connectivity index (χ3v) is 2.27. The summed E-state index contributed by atoms with van der Waals surface area (Å²) in [5, 5.41) is 11.0. The Morgan fingerprint density at radius 2 is 2.33 bits per heavy atom. The van der Waals surface area contributed by atoms with Gasteiger partial charge in [0.2, 0.25) is 0 Å². The number of aromatic amines is 1. The van der Waals surface area contributed by atoms with Gasteiger partial charge in [0.1, 0.15) is 0 Å². The summed E-state index contributed by atoms with van der Waals surface area (Å²) in [6.45, 7) is 2.77. The van der Waals surface area contributed by atoms with E-state index in [-0.39, 0.29) is 0 Å². The maximum Gasteiger partial charge on any atom is 0.0653 e. The van der Waals surface area contributed by atoms with Crippen LogP contribution in [0, 0.1) is 18.8 Å². The van der Waals surface area contributed by atoms with E-state index >= 15 is 0 Å². The molecular weight excluding hydrogens is 186 g/mol. The number of fused-ring (bicyclic) bond motifs is 1. The van der Waals surface area contributed by atoms with Gasteiger partial charge in [0.05, 0.1) is 18.3 Å². The topological polar surface area (TPSA) is 40.7 Å². The molecule has 0 unspecified atom stereocenters. The molecule has 0 saturated carbocycles. The van der Waals surface area contributed by atoms with Crippen molar-refractivity contribution in [1.82, 2.24) is 15.5 Å². The van der Waals surface area contributed by atoms with E-state index < -0.39 is 0 Å². The van der Waals surface area contributed by atoms with Gasteiger partial charge in [-0.1, -0.05) is 11.8 Å². The van der Waals surface area contributed by atoms with Crippen LogP contribution in [0.4, 0.5) is 0 Å². The van der Waals surface area contributed by atoms with E-state index in [9.17, 15) is 0 Å². The number of hydrogen-bond acceptors (Lipinski definition) is 2. The minimum Gasteiger partial charge on any atom is -0.309 e. The van der Waals surface area contributed by atoms with Crippen LogP contribution in [0.5, 0.6) is 0 Å². The van der Waals surface area contributed by atoms with Crippen LogP contribution in [0.3, 0.4) is 0 Å². The summed E-state index contributed by atoms with van der Waals surface area (Å²) in [5.74, 6) is 6.20. The van der Waals surface area contributed by atoms with Gasteiger partial charge in [0.25, 0.3) is 0 Å². The van der Waals surface area contributed by atoms with Gasteiger partial charge in [0.15, 0.2) is 0 Å². The van der Waals surface area contributed by atoms with Gasteiger partial charge in [-0.15, -0.1) is 0 Å². The Bertz CT molecular complexity index is 529. The molecule has 1 aromatic heterocycles. The minimum absolute atomic E-state index is 0.711. The lowest BCUT2D eigenvalue weighted by Crippen LogP contribution is -2.04. The van der Waals surface area contributed by atoms with Gasteiger partial charge in [-0.3, -0.25) is 5.10 Å². The van der Waals surface area contributed by atoms with Crippen molar-refractivity contribution in [2.24, 2.45) is 0 Å². The molecule has 2 rings (SSSR count). The first-order chi connectivity index (χ1) is 7.31. The molecule has 1 aromatic carbocycles. The minimum atomic E-state index is 0.711. The maximum absolute atomic E-state index is 3.99. The Morgan fingerprint density at radius 1 is 1.47 bits per heavy atom. The quantitative estimate of drug-likeness (QED) is 0.682. The molecule has 0 radical (unpaired) electrons. The number of benzene rings is 1. The van der Waals surface area contributed by atoms with E-state index in [1.165, 1.54) is 5.56 Å². The molecule has 15 heavy (non-hydrogen) atoms. The second-order valence-corrected chi connectivity index (χ2v) is 3.46. The zero-order chi connectivity index (χ0) is 10.7. The fourth-order valence-corrected chi connectivity index (χ4v) is 1.46. The molecule has 2 N–H and O–H groups in total. The van der Waals surface area contributed by atoms with Crippen LogP contribution < -0.4 is 5.32 Å². The molecule has 0 spiro atoms. The van der Waals surface area contributed by atoms with Crippen LogP contribution in [0.2, 0.25) is 0 Å². The van der Waals surface area contributed by atoms with Crippen LogP contribution in [-0.2, 0) is 0 Å². The molecule has 0 saturated heterocycles. The Labute approximate surface area is 88.9 Å². The van der Waals surface area contributed by atoms with E-state index in [0.29, 0.717) is 6.54 Å². The molecule has 0 bridgehead atoms. The van der Waals surface area contributed by atoms with E-state index in [0.717, 1.165) is 16.5 Å². The predicted octanol–water partition coefficient (Wildman–Crippen LogP) is 1.44. The molecule has 0 atom stereocenters. The van der Waals surface area contributed by atoms with Crippen LogP contribution in [0.15, 0.2) is 18.3 Å². The van der Waals surface area contributed by atoms with Crippen molar-refractivity contribution in [2.45, 2.75) is 6.92 Å². The average Bonchev–Trinajstić information content (AvgIpc) is 2.65. The lowest BCUT2D eigenvalue weighted by molar-refractivity contribution is 0.938. The summed E-state index contributed by atoms with van der Waals surface area (Å²) >= 11 is 0. The standard InChI is InChI=1S/C12H13N3/c1-9-6-12-11(8-14-15-12)7-10(9)4-3-5-13-2/h6-8,13H,5H2,1-2H3,(H,14,15). The van der Waals surface area contributed by atoms with Gasteiger partial charge < -0.3 is 5.32 Å². The summed E-state index contributed by atoms with van der Waals surface area (Å²) in [6, 6.07) is 4.14. The summed E-state index contributed by atoms with van der Waals surface area (Å²) in [5.41, 5.74) is 3.31. The normalized spacial score (nSPS) is 10.0. The Balaban J connectivity index is 2.43. The number of H-pyrrole nitrogens is 1. The predicted molar refractivity (Wildman–Crippen MR) is 61.6 cm³/mol. The lowest BCUT2D eigenvalue weighted by Gasteiger charge is -1.97. The molecule has 0 aliphatic rings. The van der Waals surface area contributed by atoms with Gasteiger partial charge in [-0.05, 0) is 31.7 Å². The second kappa shape index (κ2) is 4.16. The first-order valence-corrected chi connectivity index (χ1v) is 4.88. The summed E-state index contributed by atoms with van der Waals surface area (Å²) in [6.07, 6.45) is 1.82. The van der Waals surface area contributed by atoms with Crippen molar-refractivity contribution in [2.75, 3.05) is 13.6 Å². The van der Waals surface area contributed by atoms with Crippen molar-refractivity contribution in [3.8, 4) is 11.8 Å². The molecule has 3 nitrogen and oxygen atoms in total. The van der Waals surface area contributed by atoms with Crippen molar-refractivity contribution < 1.29 is 0 Å². The third-order valence-electron chi connectivity index (χ3n) is 2.27. The molecule has 0 aliphatic carbocycles. The second-order valence-electron chi connectivity index (χ2n) is 3.46. The van der Waals surface area contributed by atoms with Gasteiger partial charge in [-0.2, -0.15) is 5.10 Å². The largest absolute Gasteiger partial charge is 0.309 e. The van der Waals surface area contributed by atoms with Crippen LogP contribution in [-0.4, -0.2) is 23.8 Å². The fourth-order valence-electron chi connectivity index (χ4n) is 1.46. The third kappa shape index (κ3) is 2.00. The highest BCUT2D eigenvalue weighted by molar-refractivity contribution is 5.80. The number of nitrogens with one attached hydrogen (secondary N) is 2. The summed E-state index contributed by atoms with van der Waals surface area (Å²) in [4.78, 5) is 0. The highest BCUT2D eigenvalue weighted by Crippen LogP contribution is 2.16. The summed E-state index contributed by atoms with van der Waals surface area (Å²) in [7, 11) is 1.89. The van der Waals surface area contributed by atoms with Crippen molar-refractivity contribution >= 4 is 10.9 Å². The number of hydrogen-bond donors (Lipinski definition) is 2. The number of nitrogens with zero attached hydrogens (tertiary/aromatic N) is 1. The van der Waals surface area contributed by atoms with E-state index in [2.05, 4.69) is 46.4 Å².